The lowest BCUT2D eigenvalue weighted by molar-refractivity contribution is -0.115. The van der Waals surface area contributed by atoms with Gasteiger partial charge >= 0.3 is 0 Å². The van der Waals surface area contributed by atoms with Crippen LogP contribution in [0, 0.1) is 0 Å². The monoisotopic (exact) mass is 276 g/mol. The third-order valence-corrected chi connectivity index (χ3v) is 3.61. The first-order chi connectivity index (χ1) is 9.67. The minimum atomic E-state index is -0.318. The minimum Gasteiger partial charge on any atom is -0.394 e. The highest BCUT2D eigenvalue weighted by atomic mass is 16.5. The fourth-order valence-electron chi connectivity index (χ4n) is 2.54. The van der Waals surface area contributed by atoms with Crippen molar-refractivity contribution in [3.63, 3.8) is 0 Å². The highest BCUT2D eigenvalue weighted by molar-refractivity contribution is 6.02. The smallest absolute Gasteiger partial charge is 0.254 e. The molecule has 0 radical (unpaired) electrons. The Balaban J connectivity index is 1.77. The van der Waals surface area contributed by atoms with E-state index < -0.39 is 0 Å². The van der Waals surface area contributed by atoms with Crippen molar-refractivity contribution in [2.75, 3.05) is 31.6 Å². The molecule has 0 saturated carbocycles. The largest absolute Gasteiger partial charge is 0.394 e. The first-order valence-corrected chi connectivity index (χ1v) is 6.62. The van der Waals surface area contributed by atoms with Gasteiger partial charge in [0.15, 0.2) is 0 Å². The van der Waals surface area contributed by atoms with Gasteiger partial charge in [-0.05, 0) is 17.7 Å². The van der Waals surface area contributed by atoms with Crippen molar-refractivity contribution in [3.8, 4) is 0 Å². The highest BCUT2D eigenvalue weighted by Crippen LogP contribution is 2.25. The van der Waals surface area contributed by atoms with Crippen LogP contribution in [0.4, 0.5) is 5.69 Å². The Bertz CT molecular complexity index is 558. The van der Waals surface area contributed by atoms with Gasteiger partial charge in [-0.3, -0.25) is 9.59 Å². The number of nitrogens with one attached hydrogen (secondary N) is 1. The molecule has 3 rings (SSSR count). The van der Waals surface area contributed by atoms with Gasteiger partial charge in [0, 0.05) is 24.3 Å². The van der Waals surface area contributed by atoms with E-state index in [0.29, 0.717) is 37.4 Å². The molecule has 6 nitrogen and oxygen atoms in total. The summed E-state index contributed by atoms with van der Waals surface area (Å²) in [5, 5.41) is 11.8. The zero-order valence-electron chi connectivity index (χ0n) is 11.0. The second kappa shape index (κ2) is 5.22. The fraction of sp³-hybridized carbons (Fsp3) is 0.429. The molecule has 1 atom stereocenters. The van der Waals surface area contributed by atoms with E-state index >= 15 is 0 Å². The molecule has 1 aromatic rings. The van der Waals surface area contributed by atoms with Gasteiger partial charge in [-0.1, -0.05) is 6.07 Å². The maximum absolute atomic E-state index is 12.4. The summed E-state index contributed by atoms with van der Waals surface area (Å²) in [4.78, 5) is 25.4. The maximum Gasteiger partial charge on any atom is 0.254 e. The molecule has 1 fully saturated rings. The van der Waals surface area contributed by atoms with Crippen molar-refractivity contribution in [2.24, 2.45) is 0 Å². The molecule has 20 heavy (non-hydrogen) atoms. The number of rotatable bonds is 2. The number of morpholine rings is 1. The van der Waals surface area contributed by atoms with Crippen LogP contribution in [0.25, 0.3) is 0 Å². The number of aliphatic hydroxyl groups excluding tert-OH is 1. The van der Waals surface area contributed by atoms with Gasteiger partial charge < -0.3 is 20.1 Å². The van der Waals surface area contributed by atoms with Crippen LogP contribution in [0.15, 0.2) is 18.2 Å². The highest BCUT2D eigenvalue weighted by Gasteiger charge is 2.26. The first-order valence-electron chi connectivity index (χ1n) is 6.62. The number of ether oxygens (including phenoxy) is 1. The topological polar surface area (TPSA) is 78.9 Å². The number of amides is 2. The Morgan fingerprint density at radius 2 is 2.35 bits per heavy atom. The van der Waals surface area contributed by atoms with Crippen molar-refractivity contribution >= 4 is 17.5 Å². The summed E-state index contributed by atoms with van der Waals surface area (Å²) in [5.74, 6) is -0.146. The normalized spacial score (nSPS) is 21.6. The van der Waals surface area contributed by atoms with Crippen LogP contribution in [-0.4, -0.2) is 54.2 Å². The third kappa shape index (κ3) is 2.39. The van der Waals surface area contributed by atoms with E-state index in [1.54, 1.807) is 17.0 Å². The van der Waals surface area contributed by atoms with Crippen molar-refractivity contribution < 1.29 is 19.4 Å². The fourth-order valence-corrected chi connectivity index (χ4v) is 2.54. The Morgan fingerprint density at radius 1 is 1.50 bits per heavy atom. The van der Waals surface area contributed by atoms with Gasteiger partial charge in [0.05, 0.1) is 25.7 Å². The lowest BCUT2D eigenvalue weighted by atomic mass is 10.1. The number of hydrogen-bond acceptors (Lipinski definition) is 4. The van der Waals surface area contributed by atoms with E-state index in [0.717, 1.165) is 5.56 Å². The SMILES string of the molecule is O=C1Cc2ccc(C(=O)N3CCOC(CO)C3)cc2N1. The van der Waals surface area contributed by atoms with Crippen LogP contribution >= 0.6 is 0 Å². The zero-order valence-corrected chi connectivity index (χ0v) is 11.0. The Labute approximate surface area is 116 Å². The molecular weight excluding hydrogens is 260 g/mol. The molecule has 1 aromatic carbocycles. The van der Waals surface area contributed by atoms with Crippen molar-refractivity contribution in [1.29, 1.82) is 0 Å². The summed E-state index contributed by atoms with van der Waals surface area (Å²) >= 11 is 0. The maximum atomic E-state index is 12.4. The van der Waals surface area contributed by atoms with Gasteiger partial charge in [0.2, 0.25) is 5.91 Å². The van der Waals surface area contributed by atoms with E-state index in [-0.39, 0.29) is 24.5 Å². The standard InChI is InChI=1S/C14H16N2O4/c17-8-11-7-16(3-4-20-11)14(19)10-2-1-9-6-13(18)15-12(9)5-10/h1-2,5,11,17H,3-4,6-8H2,(H,15,18). The van der Waals surface area contributed by atoms with Crippen molar-refractivity contribution in [3.05, 3.63) is 29.3 Å². The van der Waals surface area contributed by atoms with Crippen molar-refractivity contribution in [2.45, 2.75) is 12.5 Å². The Kier molecular flexibility index (Phi) is 3.42. The summed E-state index contributed by atoms with van der Waals surface area (Å²) in [6.45, 7) is 1.24. The number of hydrogen-bond donors (Lipinski definition) is 2. The van der Waals surface area contributed by atoms with E-state index in [4.69, 9.17) is 9.84 Å². The van der Waals surface area contributed by atoms with E-state index in [9.17, 15) is 9.59 Å². The quantitative estimate of drug-likeness (QED) is 0.798. The Morgan fingerprint density at radius 3 is 3.15 bits per heavy atom. The van der Waals surface area contributed by atoms with Gasteiger partial charge in [-0.25, -0.2) is 0 Å². The second-order valence-electron chi connectivity index (χ2n) is 5.02. The first kappa shape index (κ1) is 13.1. The van der Waals surface area contributed by atoms with Crippen LogP contribution in [0.3, 0.4) is 0 Å². The molecule has 2 amide bonds. The lowest BCUT2D eigenvalue weighted by Gasteiger charge is -2.32. The number of nitrogens with zero attached hydrogens (tertiary/aromatic N) is 1. The van der Waals surface area contributed by atoms with Crippen LogP contribution in [0.2, 0.25) is 0 Å². The van der Waals surface area contributed by atoms with Crippen LogP contribution in [0.1, 0.15) is 15.9 Å². The van der Waals surface area contributed by atoms with Crippen LogP contribution in [-0.2, 0) is 16.0 Å². The molecule has 106 valence electrons. The summed E-state index contributed by atoms with van der Waals surface area (Å²) < 4.78 is 5.33. The molecule has 0 bridgehead atoms. The van der Waals surface area contributed by atoms with Crippen LogP contribution < -0.4 is 5.32 Å². The number of anilines is 1. The molecule has 0 aromatic heterocycles. The molecule has 0 spiro atoms. The van der Waals surface area contributed by atoms with Gasteiger partial charge in [0.1, 0.15) is 0 Å². The Hall–Kier alpha value is -1.92. The minimum absolute atomic E-state index is 0.0451. The number of carbonyl (C=O) groups is 2. The van der Waals surface area contributed by atoms with Gasteiger partial charge in [-0.15, -0.1) is 0 Å². The molecule has 2 N–H and O–H groups in total. The molecule has 2 aliphatic rings. The molecule has 0 aliphatic carbocycles. The average molecular weight is 276 g/mol. The molecule has 6 heteroatoms. The molecular formula is C14H16N2O4. The second-order valence-corrected chi connectivity index (χ2v) is 5.02. The molecule has 1 unspecified atom stereocenters. The summed E-state index contributed by atoms with van der Waals surface area (Å²) in [6.07, 6.45) is 0.0512. The number of fused-ring (bicyclic) bond motifs is 1. The summed E-state index contributed by atoms with van der Waals surface area (Å²) in [5.41, 5.74) is 2.18. The van der Waals surface area contributed by atoms with E-state index in [1.165, 1.54) is 0 Å². The number of carbonyl (C=O) groups excluding carboxylic acids is 2. The van der Waals surface area contributed by atoms with Gasteiger partial charge in [0.25, 0.3) is 5.91 Å². The number of aliphatic hydroxyl groups is 1. The zero-order chi connectivity index (χ0) is 14.1. The molecule has 2 aliphatic heterocycles. The average Bonchev–Trinajstić information content (AvgIpc) is 2.85. The van der Waals surface area contributed by atoms with Crippen molar-refractivity contribution in [1.82, 2.24) is 4.90 Å². The predicted molar refractivity (Wildman–Crippen MR) is 71.5 cm³/mol. The lowest BCUT2D eigenvalue weighted by Crippen LogP contribution is -2.46. The number of benzene rings is 1. The van der Waals surface area contributed by atoms with E-state index in [1.807, 2.05) is 6.07 Å². The van der Waals surface area contributed by atoms with Gasteiger partial charge in [-0.2, -0.15) is 0 Å². The molecule has 2 heterocycles. The molecule has 1 saturated heterocycles. The third-order valence-electron chi connectivity index (χ3n) is 3.61. The predicted octanol–water partition coefficient (Wildman–Crippen LogP) is 0.0145. The summed E-state index contributed by atoms with van der Waals surface area (Å²) in [7, 11) is 0. The van der Waals surface area contributed by atoms with Crippen LogP contribution in [0.5, 0.6) is 0 Å². The summed E-state index contributed by atoms with van der Waals surface area (Å²) in [6, 6.07) is 5.27. The van der Waals surface area contributed by atoms with E-state index in [2.05, 4.69) is 5.32 Å².